The van der Waals surface area contributed by atoms with Gasteiger partial charge in [-0.05, 0) is 18.3 Å². The Hall–Kier alpha value is -0.630. The Morgan fingerprint density at radius 2 is 1.85 bits per heavy atom. The first-order valence-corrected chi connectivity index (χ1v) is 4.80. The third kappa shape index (κ3) is 0.613. The summed E-state index contributed by atoms with van der Waals surface area (Å²) in [5.74, 6) is 0.186. The summed E-state index contributed by atoms with van der Waals surface area (Å²) in [5, 5.41) is 0. The summed E-state index contributed by atoms with van der Waals surface area (Å²) in [6.07, 6.45) is 1.81. The molecule has 2 aliphatic carbocycles. The van der Waals surface area contributed by atoms with Gasteiger partial charge in [-0.3, -0.25) is 4.79 Å². The lowest BCUT2D eigenvalue weighted by atomic mass is 9.69. The lowest BCUT2D eigenvalue weighted by molar-refractivity contribution is -0.125. The maximum Gasteiger partial charge on any atom is 0.166 e. The van der Waals surface area contributed by atoms with Crippen LogP contribution in [0.5, 0.6) is 0 Å². The summed E-state index contributed by atoms with van der Waals surface area (Å²) >= 11 is 0. The maximum absolute atomic E-state index is 11.9. The van der Waals surface area contributed by atoms with Gasteiger partial charge in [0.2, 0.25) is 0 Å². The van der Waals surface area contributed by atoms with Crippen molar-refractivity contribution < 1.29 is 4.79 Å². The molecule has 2 saturated carbocycles. The summed E-state index contributed by atoms with van der Waals surface area (Å²) in [6, 6.07) is 0. The van der Waals surface area contributed by atoms with Crippen molar-refractivity contribution in [2.45, 2.75) is 39.2 Å². The second kappa shape index (κ2) is 1.90. The molecule has 0 saturated heterocycles. The van der Waals surface area contributed by atoms with Crippen LogP contribution in [0, 0.1) is 10.8 Å². The average Bonchev–Trinajstić information content (AvgIpc) is 2.28. The zero-order chi connectivity index (χ0) is 10.1. The van der Waals surface area contributed by atoms with Crippen LogP contribution in [0.25, 0.3) is 0 Å². The highest BCUT2D eigenvalue weighted by molar-refractivity contribution is 6.06. The van der Waals surface area contributed by atoms with E-state index in [9.17, 15) is 4.79 Å². The number of rotatable bonds is 0. The number of ketones is 1. The van der Waals surface area contributed by atoms with Crippen LogP contribution in [-0.4, -0.2) is 11.3 Å². The van der Waals surface area contributed by atoms with Crippen LogP contribution >= 0.6 is 0 Å². The first-order valence-electron chi connectivity index (χ1n) is 4.80. The van der Waals surface area contributed by atoms with E-state index in [4.69, 9.17) is 5.73 Å². The van der Waals surface area contributed by atoms with Crippen molar-refractivity contribution in [1.29, 1.82) is 0 Å². The number of fused-ring (bicyclic) bond motifs is 2. The van der Waals surface area contributed by atoms with E-state index in [1.807, 2.05) is 6.92 Å². The normalized spacial score (nSPS) is 47.4. The lowest BCUT2D eigenvalue weighted by Gasteiger charge is -2.36. The third-order valence-corrected chi connectivity index (χ3v) is 4.83. The molecule has 2 heteroatoms. The van der Waals surface area contributed by atoms with Gasteiger partial charge in [0.15, 0.2) is 5.78 Å². The molecule has 0 aromatic carbocycles. The van der Waals surface area contributed by atoms with Gasteiger partial charge in [-0.2, -0.15) is 0 Å². The highest BCUT2D eigenvalue weighted by atomic mass is 16.1. The van der Waals surface area contributed by atoms with E-state index < -0.39 is 5.54 Å². The monoisotopic (exact) mass is 179 g/mol. The van der Waals surface area contributed by atoms with Crippen molar-refractivity contribution in [3.05, 3.63) is 12.2 Å². The molecule has 2 unspecified atom stereocenters. The van der Waals surface area contributed by atoms with E-state index in [1.54, 1.807) is 0 Å². The van der Waals surface area contributed by atoms with Crippen molar-refractivity contribution in [2.75, 3.05) is 0 Å². The van der Waals surface area contributed by atoms with Gasteiger partial charge in [-0.1, -0.05) is 27.4 Å². The van der Waals surface area contributed by atoms with Crippen LogP contribution in [0.2, 0.25) is 0 Å². The number of nitrogens with two attached hydrogens (primary N) is 1. The first-order chi connectivity index (χ1) is 5.77. The quantitative estimate of drug-likeness (QED) is 0.574. The highest BCUT2D eigenvalue weighted by Gasteiger charge is 2.70. The molecule has 0 aromatic rings. The minimum Gasteiger partial charge on any atom is -0.321 e. The predicted octanol–water partition coefficient (Wildman–Crippen LogP) is 1.65. The molecule has 2 bridgehead atoms. The molecular formula is C11H17NO. The zero-order valence-electron chi connectivity index (χ0n) is 8.61. The molecule has 0 amide bonds. The van der Waals surface area contributed by atoms with Crippen LogP contribution in [0.3, 0.4) is 0 Å². The van der Waals surface area contributed by atoms with E-state index in [0.29, 0.717) is 5.57 Å². The molecule has 2 aliphatic rings. The topological polar surface area (TPSA) is 43.1 Å². The second-order valence-electron chi connectivity index (χ2n) is 5.24. The van der Waals surface area contributed by atoms with Crippen molar-refractivity contribution in [3.8, 4) is 0 Å². The van der Waals surface area contributed by atoms with Gasteiger partial charge in [-0.15, -0.1) is 0 Å². The van der Waals surface area contributed by atoms with E-state index in [0.717, 1.165) is 12.8 Å². The van der Waals surface area contributed by atoms with E-state index >= 15 is 0 Å². The summed E-state index contributed by atoms with van der Waals surface area (Å²) in [4.78, 5) is 11.9. The van der Waals surface area contributed by atoms with Gasteiger partial charge < -0.3 is 5.73 Å². The Labute approximate surface area is 79.2 Å². The number of carbonyl (C=O) groups excluding carboxylic acids is 1. The number of hydrogen-bond acceptors (Lipinski definition) is 2. The summed E-state index contributed by atoms with van der Waals surface area (Å²) < 4.78 is 0. The smallest absolute Gasteiger partial charge is 0.166 e. The molecule has 0 radical (unpaired) electrons. The summed E-state index contributed by atoms with van der Waals surface area (Å²) in [7, 11) is 0. The molecule has 2 atom stereocenters. The van der Waals surface area contributed by atoms with Crippen molar-refractivity contribution in [1.82, 2.24) is 0 Å². The van der Waals surface area contributed by atoms with Crippen LogP contribution in [0.1, 0.15) is 33.6 Å². The van der Waals surface area contributed by atoms with Crippen molar-refractivity contribution >= 4 is 5.78 Å². The van der Waals surface area contributed by atoms with Crippen molar-refractivity contribution in [3.63, 3.8) is 0 Å². The fraction of sp³-hybridized carbons (Fsp3) is 0.727. The van der Waals surface area contributed by atoms with Gasteiger partial charge in [0.1, 0.15) is 0 Å². The molecular weight excluding hydrogens is 162 g/mol. The van der Waals surface area contributed by atoms with Gasteiger partial charge in [0.05, 0.1) is 5.54 Å². The second-order valence-corrected chi connectivity index (χ2v) is 5.24. The van der Waals surface area contributed by atoms with Crippen LogP contribution in [0.15, 0.2) is 12.2 Å². The maximum atomic E-state index is 11.9. The lowest BCUT2D eigenvalue weighted by Crippen LogP contribution is -2.48. The standard InChI is InChI=1S/C11H17NO/c1-7-8(13)10(4)5-6-11(7,12)9(10,2)3/h1,5-6,12H2,2-4H3. The number of Topliss-reactive ketones (excluding diaryl/α,β-unsaturated/α-hetero) is 1. The average molecular weight is 179 g/mol. The van der Waals surface area contributed by atoms with E-state index in [-0.39, 0.29) is 16.6 Å². The minimum atomic E-state index is -0.446. The van der Waals surface area contributed by atoms with Crippen LogP contribution < -0.4 is 5.73 Å². The molecule has 0 aliphatic heterocycles. The first kappa shape index (κ1) is 8.95. The molecule has 0 heterocycles. The predicted molar refractivity (Wildman–Crippen MR) is 52.2 cm³/mol. The molecule has 0 aromatic heterocycles. The fourth-order valence-electron chi connectivity index (χ4n) is 3.03. The van der Waals surface area contributed by atoms with Gasteiger partial charge in [0.25, 0.3) is 0 Å². The minimum absolute atomic E-state index is 0.131. The molecule has 72 valence electrons. The SMILES string of the molecule is C=C1C(=O)C2(C)CCC1(N)C2(C)C. The molecule has 2 fully saturated rings. The van der Waals surface area contributed by atoms with Crippen LogP contribution in [0.4, 0.5) is 0 Å². The Bertz CT molecular complexity index is 288. The van der Waals surface area contributed by atoms with Gasteiger partial charge in [-0.25, -0.2) is 0 Å². The van der Waals surface area contributed by atoms with Crippen molar-refractivity contribution in [2.24, 2.45) is 16.6 Å². The largest absolute Gasteiger partial charge is 0.321 e. The molecule has 0 spiro atoms. The Morgan fingerprint density at radius 3 is 2.08 bits per heavy atom. The van der Waals surface area contributed by atoms with E-state index in [2.05, 4.69) is 20.4 Å². The number of carbonyl (C=O) groups is 1. The zero-order valence-corrected chi connectivity index (χ0v) is 8.61. The molecule has 2 N–H and O–H groups in total. The Kier molecular flexibility index (Phi) is 1.31. The van der Waals surface area contributed by atoms with Crippen LogP contribution in [-0.2, 0) is 4.79 Å². The Morgan fingerprint density at radius 1 is 1.31 bits per heavy atom. The number of hydrogen-bond donors (Lipinski definition) is 1. The molecule has 13 heavy (non-hydrogen) atoms. The summed E-state index contributed by atoms with van der Waals surface area (Å²) in [5.41, 5.74) is 6.08. The fourth-order valence-corrected chi connectivity index (χ4v) is 3.03. The Balaban J connectivity index is 2.68. The highest BCUT2D eigenvalue weighted by Crippen LogP contribution is 2.66. The summed E-state index contributed by atoms with van der Waals surface area (Å²) in [6.45, 7) is 10.1. The van der Waals surface area contributed by atoms with E-state index in [1.165, 1.54) is 0 Å². The molecule has 2 nitrogen and oxygen atoms in total. The molecule has 2 rings (SSSR count). The van der Waals surface area contributed by atoms with Gasteiger partial charge >= 0.3 is 0 Å². The van der Waals surface area contributed by atoms with Gasteiger partial charge in [0, 0.05) is 11.0 Å². The third-order valence-electron chi connectivity index (χ3n) is 4.83.